The number of rotatable bonds is 2. The van der Waals surface area contributed by atoms with E-state index in [1.54, 1.807) is 16.8 Å². The van der Waals surface area contributed by atoms with Gasteiger partial charge in [-0.15, -0.1) is 0 Å². The Labute approximate surface area is 121 Å². The van der Waals surface area contributed by atoms with Crippen LogP contribution in [0, 0.1) is 5.92 Å². The van der Waals surface area contributed by atoms with Gasteiger partial charge in [0.05, 0.1) is 0 Å². The molecule has 0 spiro atoms. The smallest absolute Gasteiger partial charge is 0.312 e. The van der Waals surface area contributed by atoms with Gasteiger partial charge in [-0.3, -0.25) is 9.59 Å². The number of hydrogen-bond acceptors (Lipinski definition) is 4. The van der Waals surface area contributed by atoms with Crippen LogP contribution < -0.4 is 5.32 Å². The number of likely N-dealkylation sites (N-methyl/N-ethyl adjacent to an activating group) is 1. The van der Waals surface area contributed by atoms with Crippen molar-refractivity contribution >= 4 is 11.8 Å². The minimum absolute atomic E-state index is 0.345. The van der Waals surface area contributed by atoms with Crippen molar-refractivity contribution in [3.05, 3.63) is 0 Å². The number of nitrogens with one attached hydrogen (secondary N) is 1. The van der Waals surface area contributed by atoms with E-state index in [2.05, 4.69) is 17.3 Å². The molecule has 0 aromatic carbocycles. The molecule has 114 valence electrons. The van der Waals surface area contributed by atoms with Gasteiger partial charge in [-0.1, -0.05) is 0 Å². The first kappa shape index (κ1) is 15.3. The Morgan fingerprint density at radius 1 is 1.15 bits per heavy atom. The zero-order valence-electron chi connectivity index (χ0n) is 12.6. The SMILES string of the molecule is CN1CCC(CN(C)C(=O)C(=O)N2CCNCC2)CC1. The highest BCUT2D eigenvalue weighted by Gasteiger charge is 2.28. The molecule has 0 aromatic rings. The number of likely N-dealkylation sites (tertiary alicyclic amines) is 1. The Morgan fingerprint density at radius 2 is 1.75 bits per heavy atom. The van der Waals surface area contributed by atoms with Crippen molar-refractivity contribution in [1.82, 2.24) is 20.0 Å². The van der Waals surface area contributed by atoms with E-state index in [4.69, 9.17) is 0 Å². The maximum atomic E-state index is 12.2. The molecule has 2 heterocycles. The molecule has 6 nitrogen and oxygen atoms in total. The van der Waals surface area contributed by atoms with Gasteiger partial charge in [0.2, 0.25) is 0 Å². The van der Waals surface area contributed by atoms with Crippen molar-refractivity contribution in [2.24, 2.45) is 5.92 Å². The summed E-state index contributed by atoms with van der Waals surface area (Å²) in [4.78, 5) is 29.9. The van der Waals surface area contributed by atoms with Crippen LogP contribution in [-0.4, -0.2) is 86.4 Å². The fourth-order valence-electron chi connectivity index (χ4n) is 2.88. The highest BCUT2D eigenvalue weighted by atomic mass is 16.2. The van der Waals surface area contributed by atoms with Crippen LogP contribution in [0.4, 0.5) is 0 Å². The van der Waals surface area contributed by atoms with Crippen molar-refractivity contribution in [3.63, 3.8) is 0 Å². The van der Waals surface area contributed by atoms with Gasteiger partial charge in [0.25, 0.3) is 0 Å². The maximum absolute atomic E-state index is 12.2. The van der Waals surface area contributed by atoms with Gasteiger partial charge in [0.15, 0.2) is 0 Å². The molecule has 1 N–H and O–H groups in total. The van der Waals surface area contributed by atoms with Gasteiger partial charge in [0.1, 0.15) is 0 Å². The third kappa shape index (κ3) is 3.93. The summed E-state index contributed by atoms with van der Waals surface area (Å²) in [7, 11) is 3.87. The van der Waals surface area contributed by atoms with Gasteiger partial charge in [-0.25, -0.2) is 0 Å². The molecule has 2 saturated heterocycles. The predicted molar refractivity (Wildman–Crippen MR) is 77.3 cm³/mol. The normalized spacial score (nSPS) is 21.8. The molecule has 2 aliphatic heterocycles. The van der Waals surface area contributed by atoms with E-state index in [1.165, 1.54) is 0 Å². The summed E-state index contributed by atoms with van der Waals surface area (Å²) in [6.07, 6.45) is 2.21. The molecule has 6 heteroatoms. The van der Waals surface area contributed by atoms with Crippen molar-refractivity contribution in [2.45, 2.75) is 12.8 Å². The number of piperazine rings is 1. The molecular formula is C14H26N4O2. The van der Waals surface area contributed by atoms with Crippen LogP contribution in [0.15, 0.2) is 0 Å². The Bertz CT molecular complexity index is 347. The van der Waals surface area contributed by atoms with Gasteiger partial charge in [-0.05, 0) is 38.9 Å². The standard InChI is InChI=1S/C14H26N4O2/c1-16-7-3-12(4-8-16)11-17(2)13(19)14(20)18-9-5-15-6-10-18/h12,15H,3-11H2,1-2H3. The van der Waals surface area contributed by atoms with Crippen molar-refractivity contribution in [3.8, 4) is 0 Å². The van der Waals surface area contributed by atoms with E-state index >= 15 is 0 Å². The molecule has 2 fully saturated rings. The molecule has 0 aliphatic carbocycles. The van der Waals surface area contributed by atoms with E-state index < -0.39 is 0 Å². The molecular weight excluding hydrogens is 256 g/mol. The summed E-state index contributed by atoms with van der Waals surface area (Å²) >= 11 is 0. The molecule has 0 bridgehead atoms. The van der Waals surface area contributed by atoms with Gasteiger partial charge in [0, 0.05) is 39.8 Å². The topological polar surface area (TPSA) is 55.9 Å². The molecule has 0 atom stereocenters. The number of hydrogen-bond donors (Lipinski definition) is 1. The third-order valence-electron chi connectivity index (χ3n) is 4.30. The largest absolute Gasteiger partial charge is 0.337 e. The summed E-state index contributed by atoms with van der Waals surface area (Å²) in [6.45, 7) is 5.68. The van der Waals surface area contributed by atoms with Crippen LogP contribution in [-0.2, 0) is 9.59 Å². The first-order valence-corrected chi connectivity index (χ1v) is 7.51. The number of piperidine rings is 1. The summed E-state index contributed by atoms with van der Waals surface area (Å²) in [5, 5.41) is 3.18. The molecule has 20 heavy (non-hydrogen) atoms. The lowest BCUT2D eigenvalue weighted by molar-refractivity contribution is -0.151. The molecule has 0 saturated carbocycles. The molecule has 2 amide bonds. The van der Waals surface area contributed by atoms with Crippen LogP contribution in [0.2, 0.25) is 0 Å². The zero-order valence-corrected chi connectivity index (χ0v) is 12.6. The van der Waals surface area contributed by atoms with Crippen molar-refractivity contribution < 1.29 is 9.59 Å². The molecule has 2 rings (SSSR count). The molecule has 0 aromatic heterocycles. The van der Waals surface area contributed by atoms with E-state index in [0.717, 1.165) is 39.0 Å². The number of carbonyl (C=O) groups excluding carboxylic acids is 2. The monoisotopic (exact) mass is 282 g/mol. The Hall–Kier alpha value is -1.14. The number of carbonyl (C=O) groups is 2. The lowest BCUT2D eigenvalue weighted by atomic mass is 9.96. The minimum atomic E-state index is -0.356. The van der Waals surface area contributed by atoms with E-state index in [9.17, 15) is 9.59 Å². The maximum Gasteiger partial charge on any atom is 0.312 e. The summed E-state index contributed by atoms with van der Waals surface area (Å²) in [5.41, 5.74) is 0. The molecule has 2 aliphatic rings. The van der Waals surface area contributed by atoms with Crippen LogP contribution >= 0.6 is 0 Å². The van der Waals surface area contributed by atoms with E-state index in [-0.39, 0.29) is 11.8 Å². The van der Waals surface area contributed by atoms with E-state index in [0.29, 0.717) is 25.6 Å². The predicted octanol–water partition coefficient (Wildman–Crippen LogP) is -0.782. The summed E-state index contributed by atoms with van der Waals surface area (Å²) in [5.74, 6) is -0.177. The Morgan fingerprint density at radius 3 is 2.35 bits per heavy atom. The molecule has 0 radical (unpaired) electrons. The first-order valence-electron chi connectivity index (χ1n) is 7.51. The van der Waals surface area contributed by atoms with E-state index in [1.807, 2.05) is 0 Å². The second kappa shape index (κ2) is 7.04. The Kier molecular flexibility index (Phi) is 5.37. The number of nitrogens with zero attached hydrogens (tertiary/aromatic N) is 3. The summed E-state index contributed by atoms with van der Waals surface area (Å²) < 4.78 is 0. The first-order chi connectivity index (χ1) is 9.58. The highest BCUT2D eigenvalue weighted by Crippen LogP contribution is 2.17. The van der Waals surface area contributed by atoms with Crippen LogP contribution in [0.25, 0.3) is 0 Å². The fraction of sp³-hybridized carbons (Fsp3) is 0.857. The van der Waals surface area contributed by atoms with Crippen LogP contribution in [0.1, 0.15) is 12.8 Å². The fourth-order valence-corrected chi connectivity index (χ4v) is 2.88. The quantitative estimate of drug-likeness (QED) is 0.675. The second-order valence-electron chi connectivity index (χ2n) is 5.97. The van der Waals surface area contributed by atoms with Gasteiger partial charge >= 0.3 is 11.8 Å². The zero-order chi connectivity index (χ0) is 14.5. The second-order valence-corrected chi connectivity index (χ2v) is 5.97. The van der Waals surface area contributed by atoms with Crippen LogP contribution in [0.3, 0.4) is 0 Å². The highest BCUT2D eigenvalue weighted by molar-refractivity contribution is 6.34. The lowest BCUT2D eigenvalue weighted by Crippen LogP contribution is -2.52. The Balaban J connectivity index is 1.80. The minimum Gasteiger partial charge on any atom is -0.337 e. The van der Waals surface area contributed by atoms with Crippen molar-refractivity contribution in [2.75, 3.05) is 59.9 Å². The van der Waals surface area contributed by atoms with Crippen LogP contribution in [0.5, 0.6) is 0 Å². The molecule has 0 unspecified atom stereocenters. The number of amides is 2. The van der Waals surface area contributed by atoms with Crippen molar-refractivity contribution in [1.29, 1.82) is 0 Å². The lowest BCUT2D eigenvalue weighted by Gasteiger charge is -2.33. The van der Waals surface area contributed by atoms with Gasteiger partial charge < -0.3 is 20.0 Å². The average Bonchev–Trinajstić information content (AvgIpc) is 2.49. The third-order valence-corrected chi connectivity index (χ3v) is 4.30. The summed E-state index contributed by atoms with van der Waals surface area (Å²) in [6, 6.07) is 0. The average molecular weight is 282 g/mol. The van der Waals surface area contributed by atoms with Gasteiger partial charge in [-0.2, -0.15) is 0 Å².